The molecule has 1 N–H and O–H groups in total. The van der Waals surface area contributed by atoms with Gasteiger partial charge in [-0.25, -0.2) is 12.7 Å². The Bertz CT molecular complexity index is 731. The fraction of sp³-hybridized carbons (Fsp3) is 0.533. The molecule has 0 bridgehead atoms. The molecule has 6 nitrogen and oxygen atoms in total. The summed E-state index contributed by atoms with van der Waals surface area (Å²) >= 11 is 0. The van der Waals surface area contributed by atoms with Gasteiger partial charge in [0.25, 0.3) is 0 Å². The molecule has 120 valence electrons. The number of fused-ring (bicyclic) bond motifs is 1. The van der Waals surface area contributed by atoms with Crippen molar-refractivity contribution in [3.8, 4) is 5.75 Å². The lowest BCUT2D eigenvalue weighted by Crippen LogP contribution is -2.50. The molecule has 2 fully saturated rings. The lowest BCUT2D eigenvalue weighted by molar-refractivity contribution is -0.117. The van der Waals surface area contributed by atoms with E-state index >= 15 is 0 Å². The second-order valence-corrected chi connectivity index (χ2v) is 8.34. The van der Waals surface area contributed by atoms with Crippen LogP contribution in [0.2, 0.25) is 0 Å². The molecule has 1 aliphatic carbocycles. The Kier molecular flexibility index (Phi) is 3.45. The third-order valence-corrected chi connectivity index (χ3v) is 7.39. The Morgan fingerprint density at radius 1 is 1.45 bits per heavy atom. The van der Waals surface area contributed by atoms with E-state index in [0.29, 0.717) is 24.4 Å². The number of rotatable bonds is 3. The quantitative estimate of drug-likeness (QED) is 0.911. The highest BCUT2D eigenvalue weighted by molar-refractivity contribution is 7.91. The lowest BCUT2D eigenvalue weighted by atomic mass is 10.1. The summed E-state index contributed by atoms with van der Waals surface area (Å²) in [6.45, 7) is 2.34. The normalized spacial score (nSPS) is 29.5. The Hall–Kier alpha value is -1.60. The zero-order chi connectivity index (χ0) is 16.1. The first-order valence-corrected chi connectivity index (χ1v) is 8.69. The fourth-order valence-electron chi connectivity index (χ4n) is 3.22. The van der Waals surface area contributed by atoms with Gasteiger partial charge in [0.05, 0.1) is 7.11 Å². The minimum atomic E-state index is -3.58. The molecule has 0 unspecified atom stereocenters. The standard InChI is InChI=1S/C15H20N2O4S/c1-10-8-12(21-3)4-5-13(10)16-14(18)15-9-11(15)6-7-17(2)22(15,19)20/h4-5,8,11H,6-7,9H2,1-3H3,(H,16,18)/t11-,15-/m1/s1. The average molecular weight is 324 g/mol. The van der Waals surface area contributed by atoms with Crippen LogP contribution >= 0.6 is 0 Å². The molecule has 2 atom stereocenters. The Labute approximate surface area is 130 Å². The van der Waals surface area contributed by atoms with Crippen LogP contribution in [0, 0.1) is 12.8 Å². The molecule has 0 aromatic heterocycles. The highest BCUT2D eigenvalue weighted by atomic mass is 32.2. The molecule has 1 amide bonds. The number of hydrogen-bond donors (Lipinski definition) is 1. The van der Waals surface area contributed by atoms with Gasteiger partial charge in [0.2, 0.25) is 15.9 Å². The summed E-state index contributed by atoms with van der Waals surface area (Å²) in [5, 5.41) is 2.79. The number of nitrogens with one attached hydrogen (secondary N) is 1. The Morgan fingerprint density at radius 3 is 2.82 bits per heavy atom. The van der Waals surface area contributed by atoms with Crippen LogP contribution in [0.4, 0.5) is 5.69 Å². The molecule has 1 heterocycles. The molecule has 1 saturated heterocycles. The van der Waals surface area contributed by atoms with Gasteiger partial charge in [-0.2, -0.15) is 0 Å². The molecule has 1 aromatic rings. The number of sulfonamides is 1. The molecular formula is C15H20N2O4S. The van der Waals surface area contributed by atoms with Crippen LogP contribution in [0.15, 0.2) is 18.2 Å². The van der Waals surface area contributed by atoms with E-state index in [-0.39, 0.29) is 5.92 Å². The minimum absolute atomic E-state index is 0.0627. The molecule has 3 rings (SSSR count). The van der Waals surface area contributed by atoms with Gasteiger partial charge in [0.1, 0.15) is 5.75 Å². The second-order valence-electron chi connectivity index (χ2n) is 6.04. The third kappa shape index (κ3) is 2.03. The first-order valence-electron chi connectivity index (χ1n) is 7.25. The van der Waals surface area contributed by atoms with Crippen LogP contribution < -0.4 is 10.1 Å². The molecule has 22 heavy (non-hydrogen) atoms. The van der Waals surface area contributed by atoms with Gasteiger partial charge in [0, 0.05) is 19.3 Å². The van der Waals surface area contributed by atoms with Gasteiger partial charge < -0.3 is 10.1 Å². The summed E-state index contributed by atoms with van der Waals surface area (Å²) in [4.78, 5) is 12.7. The maximum Gasteiger partial charge on any atom is 0.247 e. The van der Waals surface area contributed by atoms with Crippen molar-refractivity contribution >= 4 is 21.6 Å². The van der Waals surface area contributed by atoms with Crippen molar-refractivity contribution in [2.75, 3.05) is 26.0 Å². The van der Waals surface area contributed by atoms with E-state index in [4.69, 9.17) is 4.74 Å². The van der Waals surface area contributed by atoms with E-state index in [1.807, 2.05) is 6.92 Å². The van der Waals surface area contributed by atoms with Gasteiger partial charge in [-0.05, 0) is 49.4 Å². The zero-order valence-corrected chi connectivity index (χ0v) is 13.7. The van der Waals surface area contributed by atoms with Crippen molar-refractivity contribution in [1.82, 2.24) is 4.31 Å². The van der Waals surface area contributed by atoms with E-state index in [1.165, 1.54) is 11.4 Å². The summed E-state index contributed by atoms with van der Waals surface area (Å²) in [5.74, 6) is 0.215. The van der Waals surface area contributed by atoms with Gasteiger partial charge in [0.15, 0.2) is 4.75 Å². The van der Waals surface area contributed by atoms with E-state index in [0.717, 1.165) is 12.0 Å². The molecule has 2 aliphatic rings. The second kappa shape index (κ2) is 4.96. The van der Waals surface area contributed by atoms with Gasteiger partial charge in [-0.15, -0.1) is 0 Å². The van der Waals surface area contributed by atoms with Gasteiger partial charge >= 0.3 is 0 Å². The number of benzene rings is 1. The van der Waals surface area contributed by atoms with Crippen molar-refractivity contribution in [2.24, 2.45) is 5.92 Å². The number of anilines is 1. The van der Waals surface area contributed by atoms with E-state index in [9.17, 15) is 13.2 Å². The average Bonchev–Trinajstić information content (AvgIpc) is 3.22. The highest BCUT2D eigenvalue weighted by Gasteiger charge is 2.71. The molecule has 1 aliphatic heterocycles. The number of nitrogens with zero attached hydrogens (tertiary/aromatic N) is 1. The number of amides is 1. The molecule has 1 aromatic carbocycles. The Balaban J connectivity index is 1.87. The fourth-order valence-corrected chi connectivity index (χ4v) is 5.36. The first-order chi connectivity index (χ1) is 10.3. The minimum Gasteiger partial charge on any atom is -0.497 e. The van der Waals surface area contributed by atoms with Crippen LogP contribution in [-0.2, 0) is 14.8 Å². The molecule has 0 spiro atoms. The number of carbonyl (C=O) groups excluding carboxylic acids is 1. The third-order valence-electron chi connectivity index (χ3n) is 4.78. The molecular weight excluding hydrogens is 304 g/mol. The molecule has 1 saturated carbocycles. The highest BCUT2D eigenvalue weighted by Crippen LogP contribution is 2.56. The zero-order valence-electron chi connectivity index (χ0n) is 12.9. The van der Waals surface area contributed by atoms with E-state index < -0.39 is 20.7 Å². The maximum absolute atomic E-state index is 12.7. The summed E-state index contributed by atoms with van der Waals surface area (Å²) in [6.07, 6.45) is 1.16. The van der Waals surface area contributed by atoms with Crippen LogP contribution in [0.3, 0.4) is 0 Å². The summed E-state index contributed by atoms with van der Waals surface area (Å²) in [6, 6.07) is 5.28. The van der Waals surface area contributed by atoms with Crippen LogP contribution in [-0.4, -0.2) is 44.1 Å². The van der Waals surface area contributed by atoms with Crippen LogP contribution in [0.1, 0.15) is 18.4 Å². The van der Waals surface area contributed by atoms with Gasteiger partial charge in [-0.1, -0.05) is 0 Å². The van der Waals surface area contributed by atoms with Crippen molar-refractivity contribution in [2.45, 2.75) is 24.5 Å². The first kappa shape index (κ1) is 15.3. The van der Waals surface area contributed by atoms with Crippen LogP contribution in [0.5, 0.6) is 5.75 Å². The Morgan fingerprint density at radius 2 is 2.18 bits per heavy atom. The van der Waals surface area contributed by atoms with Crippen molar-refractivity contribution in [3.63, 3.8) is 0 Å². The number of ether oxygens (including phenoxy) is 1. The number of aryl methyl sites for hydroxylation is 1. The van der Waals surface area contributed by atoms with Crippen LogP contribution in [0.25, 0.3) is 0 Å². The summed E-state index contributed by atoms with van der Waals surface area (Å²) < 4.78 is 30.2. The summed E-state index contributed by atoms with van der Waals surface area (Å²) in [7, 11) is -0.462. The number of methoxy groups -OCH3 is 1. The largest absolute Gasteiger partial charge is 0.497 e. The molecule has 0 radical (unpaired) electrons. The number of hydrogen-bond acceptors (Lipinski definition) is 4. The maximum atomic E-state index is 12.7. The monoisotopic (exact) mass is 324 g/mol. The summed E-state index contributed by atoms with van der Waals surface area (Å²) in [5.41, 5.74) is 1.46. The van der Waals surface area contributed by atoms with E-state index in [1.54, 1.807) is 25.3 Å². The number of carbonyl (C=O) groups is 1. The molecule has 7 heteroatoms. The lowest BCUT2D eigenvalue weighted by Gasteiger charge is -2.29. The van der Waals surface area contributed by atoms with Crippen molar-refractivity contribution in [3.05, 3.63) is 23.8 Å². The van der Waals surface area contributed by atoms with Gasteiger partial charge in [-0.3, -0.25) is 4.79 Å². The topological polar surface area (TPSA) is 75.7 Å². The van der Waals surface area contributed by atoms with E-state index in [2.05, 4.69) is 5.32 Å². The predicted octanol–water partition coefficient (Wildman–Crippen LogP) is 1.37. The van der Waals surface area contributed by atoms with Crippen molar-refractivity contribution in [1.29, 1.82) is 0 Å². The smallest absolute Gasteiger partial charge is 0.247 e. The van der Waals surface area contributed by atoms with Crippen molar-refractivity contribution < 1.29 is 17.9 Å². The SMILES string of the molecule is COc1ccc(NC(=O)[C@@]23C[C@H]2CCN(C)S3(=O)=O)c(C)c1. The predicted molar refractivity (Wildman–Crippen MR) is 83.4 cm³/mol.